The molecule has 1 aromatic carbocycles. The third-order valence-electron chi connectivity index (χ3n) is 3.07. The van der Waals surface area contributed by atoms with Gasteiger partial charge in [0.15, 0.2) is 0 Å². The Morgan fingerprint density at radius 2 is 2.16 bits per heavy atom. The van der Waals surface area contributed by atoms with Crippen LogP contribution in [0.15, 0.2) is 36.8 Å². The number of rotatable bonds is 4. The Balaban J connectivity index is 1.64. The van der Waals surface area contributed by atoms with Crippen LogP contribution < -0.4 is 15.5 Å². The van der Waals surface area contributed by atoms with Crippen LogP contribution >= 0.6 is 0 Å². The first-order chi connectivity index (χ1) is 9.33. The Hall–Kier alpha value is -2.50. The normalized spacial score (nSPS) is 14.5. The molecule has 6 heteroatoms. The first-order valence-electron chi connectivity index (χ1n) is 6.19. The van der Waals surface area contributed by atoms with E-state index < -0.39 is 0 Å². The molecule has 19 heavy (non-hydrogen) atoms. The largest absolute Gasteiger partial charge is 0.379 e. The van der Waals surface area contributed by atoms with Crippen molar-refractivity contribution in [2.75, 3.05) is 23.3 Å². The van der Waals surface area contributed by atoms with E-state index in [0.29, 0.717) is 13.1 Å². The van der Waals surface area contributed by atoms with Crippen LogP contribution in [0.5, 0.6) is 0 Å². The summed E-state index contributed by atoms with van der Waals surface area (Å²) in [7, 11) is 0. The highest BCUT2D eigenvalue weighted by Crippen LogP contribution is 2.19. The number of aromatic nitrogens is 2. The maximum Gasteiger partial charge on any atom is 0.321 e. The van der Waals surface area contributed by atoms with E-state index in [1.807, 2.05) is 24.3 Å². The number of H-pyrrole nitrogens is 1. The van der Waals surface area contributed by atoms with Crippen LogP contribution in [0.3, 0.4) is 0 Å². The second-order valence-corrected chi connectivity index (χ2v) is 4.36. The predicted molar refractivity (Wildman–Crippen MR) is 73.1 cm³/mol. The van der Waals surface area contributed by atoms with Gasteiger partial charge in [0.1, 0.15) is 0 Å². The number of nitrogens with zero attached hydrogens (tertiary/aromatic N) is 2. The van der Waals surface area contributed by atoms with Gasteiger partial charge in [0, 0.05) is 30.7 Å². The Morgan fingerprint density at radius 3 is 2.79 bits per heavy atom. The molecule has 1 aliphatic heterocycles. The second kappa shape index (κ2) is 5.01. The van der Waals surface area contributed by atoms with Gasteiger partial charge in [-0.15, -0.1) is 0 Å². The molecule has 1 saturated heterocycles. The Labute approximate surface area is 110 Å². The number of nitrogens with one attached hydrogen (secondary N) is 3. The first kappa shape index (κ1) is 11.6. The lowest BCUT2D eigenvalue weighted by Crippen LogP contribution is -2.27. The number of carbonyl (C=O) groups excluding carboxylic acids is 1. The minimum atomic E-state index is -0.0295. The number of hydrogen-bond acceptors (Lipinski definition) is 3. The van der Waals surface area contributed by atoms with Crippen molar-refractivity contribution in [1.29, 1.82) is 0 Å². The number of benzene rings is 1. The molecule has 1 aliphatic rings. The fourth-order valence-electron chi connectivity index (χ4n) is 2.06. The zero-order valence-corrected chi connectivity index (χ0v) is 10.4. The summed E-state index contributed by atoms with van der Waals surface area (Å²) in [4.78, 5) is 20.3. The third kappa shape index (κ3) is 2.52. The molecular weight excluding hydrogens is 242 g/mol. The van der Waals surface area contributed by atoms with Crippen LogP contribution in [-0.4, -0.2) is 29.1 Å². The van der Waals surface area contributed by atoms with Crippen LogP contribution in [0.1, 0.15) is 5.69 Å². The second-order valence-electron chi connectivity index (χ2n) is 4.36. The average molecular weight is 257 g/mol. The number of aromatic amines is 1. The van der Waals surface area contributed by atoms with Gasteiger partial charge in [-0.05, 0) is 24.3 Å². The van der Waals surface area contributed by atoms with E-state index in [4.69, 9.17) is 0 Å². The molecule has 0 atom stereocenters. The molecule has 2 aromatic rings. The van der Waals surface area contributed by atoms with Crippen LogP contribution in [0.4, 0.5) is 16.2 Å². The van der Waals surface area contributed by atoms with Gasteiger partial charge < -0.3 is 15.6 Å². The van der Waals surface area contributed by atoms with E-state index in [2.05, 4.69) is 20.6 Å². The lowest BCUT2D eigenvalue weighted by molar-refractivity contribution is 0.252. The maximum atomic E-state index is 11.5. The highest BCUT2D eigenvalue weighted by Gasteiger charge is 2.20. The van der Waals surface area contributed by atoms with Crippen molar-refractivity contribution in [3.8, 4) is 0 Å². The molecule has 3 N–H and O–H groups in total. The monoisotopic (exact) mass is 257 g/mol. The molecule has 0 bridgehead atoms. The summed E-state index contributed by atoms with van der Waals surface area (Å²) in [6.07, 6.45) is 3.45. The number of anilines is 2. The van der Waals surface area contributed by atoms with Crippen molar-refractivity contribution in [3.05, 3.63) is 42.5 Å². The summed E-state index contributed by atoms with van der Waals surface area (Å²) in [5.74, 6) is 0. The fraction of sp³-hybridized carbons (Fsp3) is 0.231. The highest BCUT2D eigenvalue weighted by atomic mass is 16.2. The van der Waals surface area contributed by atoms with Crippen molar-refractivity contribution in [1.82, 2.24) is 15.3 Å². The molecule has 0 spiro atoms. The van der Waals surface area contributed by atoms with Crippen LogP contribution in [0.25, 0.3) is 0 Å². The van der Waals surface area contributed by atoms with Gasteiger partial charge >= 0.3 is 6.03 Å². The molecule has 2 amide bonds. The standard InChI is InChI=1S/C13H15N5O/c19-13-15-5-6-18(13)12-3-1-10(2-4-12)16-8-11-7-14-9-17-11/h1-4,7,9,16H,5-6,8H2,(H,14,17)(H,15,19). The number of imidazole rings is 1. The van der Waals surface area contributed by atoms with Crippen molar-refractivity contribution in [2.45, 2.75) is 6.54 Å². The molecule has 0 radical (unpaired) electrons. The van der Waals surface area contributed by atoms with Crippen LogP contribution in [0, 0.1) is 0 Å². The van der Waals surface area contributed by atoms with Gasteiger partial charge in [0.25, 0.3) is 0 Å². The Morgan fingerprint density at radius 1 is 1.32 bits per heavy atom. The number of amides is 2. The summed E-state index contributed by atoms with van der Waals surface area (Å²) < 4.78 is 0. The molecule has 98 valence electrons. The molecule has 1 aromatic heterocycles. The summed E-state index contributed by atoms with van der Waals surface area (Å²) in [6.45, 7) is 2.13. The minimum absolute atomic E-state index is 0.0295. The smallest absolute Gasteiger partial charge is 0.321 e. The van der Waals surface area contributed by atoms with E-state index in [1.54, 1.807) is 17.4 Å². The SMILES string of the molecule is O=C1NCCN1c1ccc(NCc2cnc[nH]2)cc1. The van der Waals surface area contributed by atoms with E-state index in [-0.39, 0.29) is 6.03 Å². The minimum Gasteiger partial charge on any atom is -0.379 e. The summed E-state index contributed by atoms with van der Waals surface area (Å²) >= 11 is 0. The molecule has 0 saturated carbocycles. The maximum absolute atomic E-state index is 11.5. The zero-order valence-electron chi connectivity index (χ0n) is 10.4. The van der Waals surface area contributed by atoms with Crippen molar-refractivity contribution >= 4 is 17.4 Å². The molecule has 1 fully saturated rings. The lowest BCUT2D eigenvalue weighted by atomic mass is 10.2. The molecule has 3 rings (SSSR count). The quantitative estimate of drug-likeness (QED) is 0.778. The third-order valence-corrected chi connectivity index (χ3v) is 3.07. The van der Waals surface area contributed by atoms with Gasteiger partial charge in [0.05, 0.1) is 18.6 Å². The first-order valence-corrected chi connectivity index (χ1v) is 6.19. The summed E-state index contributed by atoms with van der Waals surface area (Å²) in [5.41, 5.74) is 2.96. The van der Waals surface area contributed by atoms with Crippen LogP contribution in [0.2, 0.25) is 0 Å². The Kier molecular flexibility index (Phi) is 3.06. The van der Waals surface area contributed by atoms with Crippen LogP contribution in [-0.2, 0) is 6.54 Å². The molecule has 0 unspecified atom stereocenters. The number of hydrogen-bond donors (Lipinski definition) is 3. The number of urea groups is 1. The number of carbonyl (C=O) groups is 1. The van der Waals surface area contributed by atoms with E-state index in [0.717, 1.165) is 23.6 Å². The molecule has 0 aliphatic carbocycles. The average Bonchev–Trinajstić information content (AvgIpc) is 3.08. The van der Waals surface area contributed by atoms with Crippen molar-refractivity contribution in [3.63, 3.8) is 0 Å². The van der Waals surface area contributed by atoms with Gasteiger partial charge in [-0.2, -0.15) is 0 Å². The summed E-state index contributed by atoms with van der Waals surface area (Å²) in [6, 6.07) is 7.80. The van der Waals surface area contributed by atoms with Crippen molar-refractivity contribution in [2.24, 2.45) is 0 Å². The van der Waals surface area contributed by atoms with E-state index in [1.165, 1.54) is 0 Å². The molecule has 6 nitrogen and oxygen atoms in total. The predicted octanol–water partition coefficient (Wildman–Crippen LogP) is 1.55. The van der Waals surface area contributed by atoms with Gasteiger partial charge in [-0.1, -0.05) is 0 Å². The zero-order chi connectivity index (χ0) is 13.1. The topological polar surface area (TPSA) is 73.1 Å². The van der Waals surface area contributed by atoms with Gasteiger partial charge in [-0.25, -0.2) is 9.78 Å². The lowest BCUT2D eigenvalue weighted by Gasteiger charge is -2.14. The molecule has 2 heterocycles. The van der Waals surface area contributed by atoms with Gasteiger partial charge in [0.2, 0.25) is 0 Å². The van der Waals surface area contributed by atoms with E-state index in [9.17, 15) is 4.79 Å². The van der Waals surface area contributed by atoms with E-state index >= 15 is 0 Å². The highest BCUT2D eigenvalue weighted by molar-refractivity contribution is 5.94. The fourth-order valence-corrected chi connectivity index (χ4v) is 2.06. The van der Waals surface area contributed by atoms with Gasteiger partial charge in [-0.3, -0.25) is 4.90 Å². The Bertz CT molecular complexity index is 549. The van der Waals surface area contributed by atoms with Crippen molar-refractivity contribution < 1.29 is 4.79 Å². The summed E-state index contributed by atoms with van der Waals surface area (Å²) in [5, 5.41) is 6.07. The molecular formula is C13H15N5O.